The molecule has 0 aromatic carbocycles. The molecule has 0 radical (unpaired) electrons. The number of hydrogen-bond donors (Lipinski definition) is 1. The predicted molar refractivity (Wildman–Crippen MR) is 67.0 cm³/mol. The Morgan fingerprint density at radius 1 is 1.25 bits per heavy atom. The molecule has 1 atom stereocenters. The highest BCUT2D eigenvalue weighted by atomic mass is 16.2. The first-order valence-corrected chi connectivity index (χ1v) is 6.61. The lowest BCUT2D eigenvalue weighted by Gasteiger charge is -2.28. The Balaban J connectivity index is 2.35. The molecule has 0 aromatic heterocycles. The fourth-order valence-electron chi connectivity index (χ4n) is 2.45. The number of carbonyl (C=O) groups is 1. The van der Waals surface area contributed by atoms with E-state index >= 15 is 0 Å². The van der Waals surface area contributed by atoms with Crippen LogP contribution in [-0.2, 0) is 4.79 Å². The van der Waals surface area contributed by atoms with Crippen molar-refractivity contribution in [3.05, 3.63) is 0 Å². The van der Waals surface area contributed by atoms with Gasteiger partial charge < -0.3 is 10.6 Å². The van der Waals surface area contributed by atoms with Crippen molar-refractivity contribution in [2.45, 2.75) is 46.0 Å². The van der Waals surface area contributed by atoms with Gasteiger partial charge in [-0.25, -0.2) is 0 Å². The van der Waals surface area contributed by atoms with Gasteiger partial charge >= 0.3 is 0 Å². The third kappa shape index (κ3) is 4.52. The van der Waals surface area contributed by atoms with Crippen molar-refractivity contribution in [2.24, 2.45) is 17.6 Å². The zero-order valence-electron chi connectivity index (χ0n) is 10.7. The number of nitrogens with two attached hydrogens (primary N) is 1. The number of carbonyl (C=O) groups excluding carboxylic acids is 1. The van der Waals surface area contributed by atoms with Crippen molar-refractivity contribution in [2.75, 3.05) is 19.6 Å². The summed E-state index contributed by atoms with van der Waals surface area (Å²) >= 11 is 0. The molecule has 0 spiro atoms. The smallest absolute Gasteiger partial charge is 0.222 e. The quantitative estimate of drug-likeness (QED) is 0.779. The van der Waals surface area contributed by atoms with Crippen molar-refractivity contribution in [1.82, 2.24) is 4.90 Å². The molecule has 16 heavy (non-hydrogen) atoms. The van der Waals surface area contributed by atoms with Crippen LogP contribution in [0.3, 0.4) is 0 Å². The van der Waals surface area contributed by atoms with Crippen LogP contribution >= 0.6 is 0 Å². The van der Waals surface area contributed by atoms with E-state index in [2.05, 4.69) is 13.8 Å². The summed E-state index contributed by atoms with van der Waals surface area (Å²) in [6, 6.07) is 0. The summed E-state index contributed by atoms with van der Waals surface area (Å²) in [5, 5.41) is 0. The average molecular weight is 226 g/mol. The van der Waals surface area contributed by atoms with Gasteiger partial charge in [0.15, 0.2) is 0 Å². The van der Waals surface area contributed by atoms with Gasteiger partial charge in [0, 0.05) is 19.5 Å². The molecule has 2 N–H and O–H groups in total. The molecule has 1 rings (SSSR count). The number of piperidine rings is 1. The molecule has 1 aliphatic heterocycles. The molecular weight excluding hydrogens is 200 g/mol. The molecule has 1 saturated heterocycles. The second-order valence-electron chi connectivity index (χ2n) is 5.38. The summed E-state index contributed by atoms with van der Waals surface area (Å²) in [5.74, 6) is 1.31. The fourth-order valence-corrected chi connectivity index (χ4v) is 2.45. The third-order valence-corrected chi connectivity index (χ3v) is 3.31. The summed E-state index contributed by atoms with van der Waals surface area (Å²) in [4.78, 5) is 14.0. The number of rotatable bonds is 5. The summed E-state index contributed by atoms with van der Waals surface area (Å²) in [5.41, 5.74) is 5.73. The van der Waals surface area contributed by atoms with E-state index < -0.39 is 0 Å². The van der Waals surface area contributed by atoms with Crippen LogP contribution in [0.4, 0.5) is 0 Å². The SMILES string of the molecule is CC(C)C[C@H](CN)CC(=O)N1CCCCC1. The number of nitrogens with zero attached hydrogens (tertiary/aromatic N) is 1. The molecule has 1 aliphatic rings. The van der Waals surface area contributed by atoms with Gasteiger partial charge in [-0.3, -0.25) is 4.79 Å². The monoisotopic (exact) mass is 226 g/mol. The molecular formula is C13H26N2O. The Hall–Kier alpha value is -0.570. The zero-order valence-corrected chi connectivity index (χ0v) is 10.7. The normalized spacial score (nSPS) is 18.9. The average Bonchev–Trinajstić information content (AvgIpc) is 2.28. The lowest BCUT2D eigenvalue weighted by Crippen LogP contribution is -2.37. The van der Waals surface area contributed by atoms with Gasteiger partial charge in [0.05, 0.1) is 0 Å². The standard InChI is InChI=1S/C13H26N2O/c1-11(2)8-12(10-14)9-13(16)15-6-4-3-5-7-15/h11-12H,3-10,14H2,1-2H3/t12-/m0/s1. The van der Waals surface area contributed by atoms with Gasteiger partial charge in [0.2, 0.25) is 5.91 Å². The van der Waals surface area contributed by atoms with Crippen molar-refractivity contribution < 1.29 is 4.79 Å². The maximum atomic E-state index is 12.0. The maximum absolute atomic E-state index is 12.0. The largest absolute Gasteiger partial charge is 0.343 e. The van der Waals surface area contributed by atoms with E-state index in [0.29, 0.717) is 30.7 Å². The van der Waals surface area contributed by atoms with Crippen LogP contribution in [0, 0.1) is 11.8 Å². The van der Waals surface area contributed by atoms with Crippen LogP contribution in [0.1, 0.15) is 46.0 Å². The number of amides is 1. The second kappa shape index (κ2) is 6.89. The highest BCUT2D eigenvalue weighted by Crippen LogP contribution is 2.17. The van der Waals surface area contributed by atoms with E-state index in [9.17, 15) is 4.79 Å². The van der Waals surface area contributed by atoms with Crippen molar-refractivity contribution in [3.8, 4) is 0 Å². The predicted octanol–water partition coefficient (Wildman–Crippen LogP) is 2.01. The molecule has 94 valence electrons. The molecule has 3 nitrogen and oxygen atoms in total. The van der Waals surface area contributed by atoms with Crippen LogP contribution in [-0.4, -0.2) is 30.4 Å². The maximum Gasteiger partial charge on any atom is 0.222 e. The fraction of sp³-hybridized carbons (Fsp3) is 0.923. The summed E-state index contributed by atoms with van der Waals surface area (Å²) in [6.07, 6.45) is 5.33. The van der Waals surface area contributed by atoms with Crippen molar-refractivity contribution >= 4 is 5.91 Å². The number of likely N-dealkylation sites (tertiary alicyclic amines) is 1. The minimum Gasteiger partial charge on any atom is -0.343 e. The molecule has 1 heterocycles. The van der Waals surface area contributed by atoms with Crippen molar-refractivity contribution in [3.63, 3.8) is 0 Å². The molecule has 0 unspecified atom stereocenters. The Kier molecular flexibility index (Phi) is 5.81. The lowest BCUT2D eigenvalue weighted by atomic mass is 9.93. The highest BCUT2D eigenvalue weighted by Gasteiger charge is 2.20. The molecule has 0 bridgehead atoms. The number of hydrogen-bond acceptors (Lipinski definition) is 2. The first-order valence-electron chi connectivity index (χ1n) is 6.61. The summed E-state index contributed by atoms with van der Waals surface area (Å²) < 4.78 is 0. The van der Waals surface area contributed by atoms with Crippen LogP contribution in [0.15, 0.2) is 0 Å². The Bertz CT molecular complexity index is 210. The van der Waals surface area contributed by atoms with E-state index in [1.807, 2.05) is 4.90 Å². The van der Waals surface area contributed by atoms with E-state index in [4.69, 9.17) is 5.73 Å². The van der Waals surface area contributed by atoms with Crippen molar-refractivity contribution in [1.29, 1.82) is 0 Å². The minimum atomic E-state index is 0.316. The molecule has 0 aromatic rings. The first-order chi connectivity index (χ1) is 7.63. The topological polar surface area (TPSA) is 46.3 Å². The Labute approximate surface area is 99.4 Å². The van der Waals surface area contributed by atoms with E-state index in [1.165, 1.54) is 19.3 Å². The van der Waals surface area contributed by atoms with Crippen LogP contribution in [0.5, 0.6) is 0 Å². The first kappa shape index (κ1) is 13.5. The zero-order chi connectivity index (χ0) is 12.0. The molecule has 1 amide bonds. The van der Waals surface area contributed by atoms with E-state index in [0.717, 1.165) is 19.5 Å². The molecule has 0 aliphatic carbocycles. The van der Waals surface area contributed by atoms with Gasteiger partial charge in [-0.2, -0.15) is 0 Å². The van der Waals surface area contributed by atoms with E-state index in [1.54, 1.807) is 0 Å². The molecule has 3 heteroatoms. The summed E-state index contributed by atoms with van der Waals surface area (Å²) in [7, 11) is 0. The van der Waals surface area contributed by atoms with E-state index in [-0.39, 0.29) is 0 Å². The summed E-state index contributed by atoms with van der Waals surface area (Å²) in [6.45, 7) is 6.93. The minimum absolute atomic E-state index is 0.316. The van der Waals surface area contributed by atoms with Crippen LogP contribution in [0.25, 0.3) is 0 Å². The van der Waals surface area contributed by atoms with Gasteiger partial charge in [0.1, 0.15) is 0 Å². The third-order valence-electron chi connectivity index (χ3n) is 3.31. The van der Waals surface area contributed by atoms with Gasteiger partial charge in [0.25, 0.3) is 0 Å². The van der Waals surface area contributed by atoms with Gasteiger partial charge in [-0.15, -0.1) is 0 Å². The Morgan fingerprint density at radius 3 is 2.38 bits per heavy atom. The molecule has 0 saturated carbocycles. The molecule has 1 fully saturated rings. The van der Waals surface area contributed by atoms with Gasteiger partial charge in [-0.1, -0.05) is 13.8 Å². The second-order valence-corrected chi connectivity index (χ2v) is 5.38. The van der Waals surface area contributed by atoms with Crippen LogP contribution < -0.4 is 5.73 Å². The lowest BCUT2D eigenvalue weighted by molar-refractivity contribution is -0.133. The van der Waals surface area contributed by atoms with Crippen LogP contribution in [0.2, 0.25) is 0 Å². The Morgan fingerprint density at radius 2 is 1.88 bits per heavy atom. The van der Waals surface area contributed by atoms with Gasteiger partial charge in [-0.05, 0) is 44.1 Å². The highest BCUT2D eigenvalue weighted by molar-refractivity contribution is 5.76.